The van der Waals surface area contributed by atoms with Crippen molar-refractivity contribution in [2.45, 2.75) is 32.9 Å². The topological polar surface area (TPSA) is 63.5 Å². The Morgan fingerprint density at radius 1 is 1.44 bits per heavy atom. The van der Waals surface area contributed by atoms with Crippen LogP contribution in [0, 0.1) is 0 Å². The highest BCUT2D eigenvalue weighted by atomic mass is 16.5. The van der Waals surface area contributed by atoms with E-state index in [9.17, 15) is 4.79 Å². The maximum Gasteiger partial charge on any atom is 0.236 e. The number of methoxy groups -OCH3 is 1. The molecule has 5 nitrogen and oxygen atoms in total. The van der Waals surface area contributed by atoms with Crippen LogP contribution in [-0.4, -0.2) is 32.2 Å². The first-order valence-corrected chi connectivity index (χ1v) is 6.25. The van der Waals surface area contributed by atoms with Gasteiger partial charge in [0.2, 0.25) is 5.91 Å². The highest BCUT2D eigenvalue weighted by Crippen LogP contribution is 2.08. The van der Waals surface area contributed by atoms with Crippen molar-refractivity contribution >= 4 is 5.91 Å². The molecular weight excluding hydrogens is 232 g/mol. The molecule has 18 heavy (non-hydrogen) atoms. The first-order chi connectivity index (χ1) is 8.67. The standard InChI is InChI=1S/C13H22N2O3/c1-4-11-5-6-12(18-11)9-15-10(2)13(16)14-7-8-17-3/h5-6,10,15H,4,7-9H2,1-3H3,(H,14,16). The smallest absolute Gasteiger partial charge is 0.236 e. The van der Waals surface area contributed by atoms with Crippen LogP contribution in [0.15, 0.2) is 16.5 Å². The van der Waals surface area contributed by atoms with Crippen LogP contribution in [0.3, 0.4) is 0 Å². The Kier molecular flexibility index (Phi) is 6.46. The predicted molar refractivity (Wildman–Crippen MR) is 69.3 cm³/mol. The third kappa shape index (κ3) is 4.89. The van der Waals surface area contributed by atoms with E-state index in [1.807, 2.05) is 26.0 Å². The largest absolute Gasteiger partial charge is 0.465 e. The number of aryl methyl sites for hydroxylation is 1. The number of nitrogens with one attached hydrogen (secondary N) is 2. The lowest BCUT2D eigenvalue weighted by Gasteiger charge is -2.12. The van der Waals surface area contributed by atoms with E-state index in [0.717, 1.165) is 17.9 Å². The van der Waals surface area contributed by atoms with Crippen LogP contribution in [0.1, 0.15) is 25.4 Å². The van der Waals surface area contributed by atoms with Gasteiger partial charge in [-0.25, -0.2) is 0 Å². The summed E-state index contributed by atoms with van der Waals surface area (Å²) in [5.41, 5.74) is 0. The Morgan fingerprint density at radius 2 is 2.17 bits per heavy atom. The van der Waals surface area contributed by atoms with Gasteiger partial charge < -0.3 is 14.5 Å². The lowest BCUT2D eigenvalue weighted by atomic mass is 10.3. The molecule has 2 N–H and O–H groups in total. The summed E-state index contributed by atoms with van der Waals surface area (Å²) in [7, 11) is 1.61. The molecule has 1 amide bonds. The van der Waals surface area contributed by atoms with Crippen LogP contribution in [-0.2, 0) is 22.5 Å². The Morgan fingerprint density at radius 3 is 2.78 bits per heavy atom. The van der Waals surface area contributed by atoms with Gasteiger partial charge in [0.1, 0.15) is 11.5 Å². The van der Waals surface area contributed by atoms with Crippen molar-refractivity contribution in [1.82, 2.24) is 10.6 Å². The van der Waals surface area contributed by atoms with E-state index in [1.54, 1.807) is 7.11 Å². The maximum absolute atomic E-state index is 11.6. The zero-order valence-electron chi connectivity index (χ0n) is 11.3. The minimum absolute atomic E-state index is 0.0330. The number of hydrogen-bond donors (Lipinski definition) is 2. The lowest BCUT2D eigenvalue weighted by molar-refractivity contribution is -0.123. The number of carbonyl (C=O) groups excluding carboxylic acids is 1. The van der Waals surface area contributed by atoms with Crippen LogP contribution in [0.25, 0.3) is 0 Å². The van der Waals surface area contributed by atoms with Gasteiger partial charge in [-0.15, -0.1) is 0 Å². The Balaban J connectivity index is 2.27. The second-order valence-corrected chi connectivity index (χ2v) is 4.11. The highest BCUT2D eigenvalue weighted by molar-refractivity contribution is 5.81. The maximum atomic E-state index is 11.6. The molecule has 1 aromatic heterocycles. The molecule has 0 aliphatic heterocycles. The van der Waals surface area contributed by atoms with E-state index in [0.29, 0.717) is 19.7 Å². The van der Waals surface area contributed by atoms with Crippen LogP contribution in [0.2, 0.25) is 0 Å². The fourth-order valence-electron chi connectivity index (χ4n) is 1.48. The Bertz CT molecular complexity index is 363. The van der Waals surface area contributed by atoms with Gasteiger partial charge in [-0.1, -0.05) is 6.92 Å². The van der Waals surface area contributed by atoms with Gasteiger partial charge in [-0.3, -0.25) is 10.1 Å². The molecule has 0 fully saturated rings. The van der Waals surface area contributed by atoms with E-state index in [4.69, 9.17) is 9.15 Å². The number of amides is 1. The molecule has 1 aromatic rings. The zero-order chi connectivity index (χ0) is 13.4. The van der Waals surface area contributed by atoms with Crippen LogP contribution in [0.5, 0.6) is 0 Å². The van der Waals surface area contributed by atoms with Crippen molar-refractivity contribution in [2.24, 2.45) is 0 Å². The second-order valence-electron chi connectivity index (χ2n) is 4.11. The summed E-state index contributed by atoms with van der Waals surface area (Å²) < 4.78 is 10.4. The average Bonchev–Trinajstić information content (AvgIpc) is 2.84. The van der Waals surface area contributed by atoms with E-state index in [1.165, 1.54) is 0 Å². The van der Waals surface area contributed by atoms with Crippen molar-refractivity contribution in [3.63, 3.8) is 0 Å². The van der Waals surface area contributed by atoms with E-state index < -0.39 is 0 Å². The molecule has 1 rings (SSSR count). The third-order valence-corrected chi connectivity index (χ3v) is 2.65. The fraction of sp³-hybridized carbons (Fsp3) is 0.615. The van der Waals surface area contributed by atoms with Crippen LogP contribution < -0.4 is 10.6 Å². The summed E-state index contributed by atoms with van der Waals surface area (Å²) in [4.78, 5) is 11.6. The summed E-state index contributed by atoms with van der Waals surface area (Å²) in [5.74, 6) is 1.78. The van der Waals surface area contributed by atoms with Gasteiger partial charge in [-0.05, 0) is 19.1 Å². The molecule has 102 valence electrons. The van der Waals surface area contributed by atoms with Crippen molar-refractivity contribution in [3.8, 4) is 0 Å². The molecule has 0 bridgehead atoms. The van der Waals surface area contributed by atoms with E-state index in [-0.39, 0.29) is 11.9 Å². The van der Waals surface area contributed by atoms with Crippen molar-refractivity contribution in [2.75, 3.05) is 20.3 Å². The summed E-state index contributed by atoms with van der Waals surface area (Å²) in [5, 5.41) is 5.90. The van der Waals surface area contributed by atoms with Gasteiger partial charge >= 0.3 is 0 Å². The number of ether oxygens (including phenoxy) is 1. The Hall–Kier alpha value is -1.33. The van der Waals surface area contributed by atoms with Crippen molar-refractivity contribution < 1.29 is 13.9 Å². The summed E-state index contributed by atoms with van der Waals surface area (Å²) in [6, 6.07) is 3.64. The van der Waals surface area contributed by atoms with Gasteiger partial charge in [0.15, 0.2) is 0 Å². The molecule has 1 atom stereocenters. The molecule has 1 unspecified atom stereocenters. The van der Waals surface area contributed by atoms with Crippen LogP contribution >= 0.6 is 0 Å². The number of hydrogen-bond acceptors (Lipinski definition) is 4. The van der Waals surface area contributed by atoms with Crippen LogP contribution in [0.4, 0.5) is 0 Å². The minimum Gasteiger partial charge on any atom is -0.465 e. The van der Waals surface area contributed by atoms with Gasteiger partial charge in [0.05, 0.1) is 19.2 Å². The monoisotopic (exact) mass is 254 g/mol. The predicted octanol–water partition coefficient (Wildman–Crippen LogP) is 1.08. The Labute approximate surface area is 108 Å². The summed E-state index contributed by atoms with van der Waals surface area (Å²) in [6.45, 7) is 5.48. The molecule has 0 aliphatic rings. The third-order valence-electron chi connectivity index (χ3n) is 2.65. The van der Waals surface area contributed by atoms with E-state index >= 15 is 0 Å². The second kappa shape index (κ2) is 7.89. The molecule has 0 spiro atoms. The number of rotatable bonds is 8. The zero-order valence-corrected chi connectivity index (χ0v) is 11.3. The van der Waals surface area contributed by atoms with E-state index in [2.05, 4.69) is 10.6 Å². The highest BCUT2D eigenvalue weighted by Gasteiger charge is 2.12. The molecule has 0 radical (unpaired) electrons. The number of furan rings is 1. The molecule has 5 heteroatoms. The van der Waals surface area contributed by atoms with Gasteiger partial charge in [0.25, 0.3) is 0 Å². The van der Waals surface area contributed by atoms with Crippen molar-refractivity contribution in [3.05, 3.63) is 23.7 Å². The first kappa shape index (κ1) is 14.7. The quantitative estimate of drug-likeness (QED) is 0.681. The summed E-state index contributed by atoms with van der Waals surface area (Å²) in [6.07, 6.45) is 0.882. The fourth-order valence-corrected chi connectivity index (χ4v) is 1.48. The van der Waals surface area contributed by atoms with Gasteiger partial charge in [-0.2, -0.15) is 0 Å². The molecule has 0 saturated carbocycles. The molecule has 1 heterocycles. The summed E-state index contributed by atoms with van der Waals surface area (Å²) >= 11 is 0. The lowest BCUT2D eigenvalue weighted by Crippen LogP contribution is -2.42. The molecule has 0 aromatic carbocycles. The van der Waals surface area contributed by atoms with Crippen molar-refractivity contribution in [1.29, 1.82) is 0 Å². The molecule has 0 aliphatic carbocycles. The van der Waals surface area contributed by atoms with Gasteiger partial charge in [0, 0.05) is 20.1 Å². The normalized spacial score (nSPS) is 12.4. The molecular formula is C13H22N2O3. The SMILES string of the molecule is CCc1ccc(CNC(C)C(=O)NCCOC)o1. The minimum atomic E-state index is -0.253. The first-order valence-electron chi connectivity index (χ1n) is 6.25. The average molecular weight is 254 g/mol. The number of carbonyl (C=O) groups is 1. The molecule has 0 saturated heterocycles.